The standard InChI is InChI=1S/C13H18N2O5S/c1-19-8-7-9(20-2)15-12(14-8)21-11(17)10(16)13(18)5-3-4-6-13/h7,10,16,18H,3-6H2,1-2H3. The molecule has 1 atom stereocenters. The lowest BCUT2D eigenvalue weighted by molar-refractivity contribution is -0.133. The van der Waals surface area contributed by atoms with E-state index in [0.717, 1.165) is 12.8 Å². The van der Waals surface area contributed by atoms with Gasteiger partial charge < -0.3 is 19.7 Å². The molecule has 116 valence electrons. The number of methoxy groups -OCH3 is 2. The summed E-state index contributed by atoms with van der Waals surface area (Å²) < 4.78 is 9.98. The molecule has 1 aliphatic rings. The molecule has 1 unspecified atom stereocenters. The first-order valence-corrected chi connectivity index (χ1v) is 7.39. The number of thioether (sulfide) groups is 1. The molecule has 1 fully saturated rings. The molecule has 21 heavy (non-hydrogen) atoms. The van der Waals surface area contributed by atoms with Gasteiger partial charge in [0.05, 0.1) is 25.9 Å². The monoisotopic (exact) mass is 314 g/mol. The third kappa shape index (κ3) is 3.63. The van der Waals surface area contributed by atoms with Crippen LogP contribution in [0, 0.1) is 0 Å². The molecule has 2 rings (SSSR count). The average Bonchev–Trinajstić information content (AvgIpc) is 2.93. The highest BCUT2D eigenvalue weighted by Gasteiger charge is 2.42. The zero-order chi connectivity index (χ0) is 15.5. The second-order valence-electron chi connectivity index (χ2n) is 4.87. The number of ether oxygens (including phenoxy) is 2. The van der Waals surface area contributed by atoms with Crippen LogP contribution < -0.4 is 9.47 Å². The smallest absolute Gasteiger partial charge is 0.228 e. The fraction of sp³-hybridized carbons (Fsp3) is 0.615. The van der Waals surface area contributed by atoms with Crippen LogP contribution in [0.15, 0.2) is 11.2 Å². The van der Waals surface area contributed by atoms with Crippen molar-refractivity contribution in [3.05, 3.63) is 6.07 Å². The lowest BCUT2D eigenvalue weighted by Gasteiger charge is -2.26. The molecule has 8 heteroatoms. The number of rotatable bonds is 5. The maximum absolute atomic E-state index is 12.1. The van der Waals surface area contributed by atoms with Crippen molar-refractivity contribution in [2.24, 2.45) is 0 Å². The van der Waals surface area contributed by atoms with E-state index in [1.54, 1.807) is 0 Å². The Labute approximate surface area is 126 Å². The van der Waals surface area contributed by atoms with E-state index in [0.29, 0.717) is 24.6 Å². The lowest BCUT2D eigenvalue weighted by atomic mass is 9.96. The summed E-state index contributed by atoms with van der Waals surface area (Å²) in [5.41, 5.74) is -1.34. The van der Waals surface area contributed by atoms with Gasteiger partial charge in [0.1, 0.15) is 0 Å². The van der Waals surface area contributed by atoms with Crippen LogP contribution in [0.25, 0.3) is 0 Å². The molecule has 1 heterocycles. The number of hydrogen-bond donors (Lipinski definition) is 2. The third-order valence-electron chi connectivity index (χ3n) is 3.47. The number of carbonyl (C=O) groups is 1. The minimum Gasteiger partial charge on any atom is -0.481 e. The zero-order valence-corrected chi connectivity index (χ0v) is 12.7. The fourth-order valence-electron chi connectivity index (χ4n) is 2.26. The minimum absolute atomic E-state index is 0.108. The number of aliphatic hydroxyl groups excluding tert-OH is 1. The highest BCUT2D eigenvalue weighted by Crippen LogP contribution is 2.35. The molecular formula is C13H18N2O5S. The number of carbonyl (C=O) groups excluding carboxylic acids is 1. The van der Waals surface area contributed by atoms with Crippen LogP contribution >= 0.6 is 11.8 Å². The Bertz CT molecular complexity index is 497. The Hall–Kier alpha value is -1.38. The molecule has 2 N–H and O–H groups in total. The normalized spacial score (nSPS) is 18.3. The summed E-state index contributed by atoms with van der Waals surface area (Å²) >= 11 is 0.665. The summed E-state index contributed by atoms with van der Waals surface area (Å²) in [6, 6.07) is 1.48. The Morgan fingerprint density at radius 2 is 1.81 bits per heavy atom. The summed E-state index contributed by atoms with van der Waals surface area (Å²) in [6.07, 6.45) is 0.987. The second kappa shape index (κ2) is 6.59. The van der Waals surface area contributed by atoms with Crippen LogP contribution in [0.4, 0.5) is 0 Å². The topological polar surface area (TPSA) is 102 Å². The first-order valence-electron chi connectivity index (χ1n) is 6.58. The highest BCUT2D eigenvalue weighted by atomic mass is 32.2. The average molecular weight is 314 g/mol. The Morgan fingerprint density at radius 3 is 2.29 bits per heavy atom. The van der Waals surface area contributed by atoms with Crippen molar-refractivity contribution < 1.29 is 24.5 Å². The van der Waals surface area contributed by atoms with Crippen LogP contribution in [-0.4, -0.2) is 51.2 Å². The lowest BCUT2D eigenvalue weighted by Crippen LogP contribution is -2.43. The summed E-state index contributed by atoms with van der Waals surface area (Å²) in [6.45, 7) is 0. The molecule has 1 aromatic rings. The Balaban J connectivity index is 2.11. The summed E-state index contributed by atoms with van der Waals surface area (Å²) in [7, 11) is 2.88. The van der Waals surface area contributed by atoms with Crippen molar-refractivity contribution in [2.45, 2.75) is 42.5 Å². The first-order chi connectivity index (χ1) is 9.98. The van der Waals surface area contributed by atoms with Gasteiger partial charge in [-0.1, -0.05) is 12.8 Å². The van der Waals surface area contributed by atoms with E-state index in [9.17, 15) is 15.0 Å². The van der Waals surface area contributed by atoms with Crippen molar-refractivity contribution in [1.29, 1.82) is 0 Å². The van der Waals surface area contributed by atoms with E-state index in [4.69, 9.17) is 9.47 Å². The van der Waals surface area contributed by atoms with E-state index in [2.05, 4.69) is 9.97 Å². The number of hydrogen-bond acceptors (Lipinski definition) is 8. The summed E-state index contributed by atoms with van der Waals surface area (Å²) in [5, 5.41) is 19.8. The van der Waals surface area contributed by atoms with Gasteiger partial charge in [0.15, 0.2) is 6.10 Å². The Kier molecular flexibility index (Phi) is 5.02. The molecule has 0 amide bonds. The largest absolute Gasteiger partial charge is 0.481 e. The van der Waals surface area contributed by atoms with Crippen molar-refractivity contribution in [3.63, 3.8) is 0 Å². The van der Waals surface area contributed by atoms with Crippen molar-refractivity contribution in [1.82, 2.24) is 9.97 Å². The predicted octanol–water partition coefficient (Wildman–Crippen LogP) is 0.779. The number of aliphatic hydroxyl groups is 2. The van der Waals surface area contributed by atoms with Gasteiger partial charge in [0, 0.05) is 0 Å². The van der Waals surface area contributed by atoms with Gasteiger partial charge in [-0.2, -0.15) is 9.97 Å². The molecule has 0 saturated heterocycles. The molecule has 1 saturated carbocycles. The highest BCUT2D eigenvalue weighted by molar-refractivity contribution is 8.13. The van der Waals surface area contributed by atoms with Gasteiger partial charge >= 0.3 is 0 Å². The SMILES string of the molecule is COc1cc(OC)nc(SC(=O)C(O)C2(O)CCCC2)n1. The molecular weight excluding hydrogens is 296 g/mol. The Morgan fingerprint density at radius 1 is 1.29 bits per heavy atom. The quantitative estimate of drug-likeness (QED) is 0.607. The van der Waals surface area contributed by atoms with Gasteiger partial charge in [0.25, 0.3) is 0 Å². The van der Waals surface area contributed by atoms with Crippen molar-refractivity contribution in [2.75, 3.05) is 14.2 Å². The zero-order valence-electron chi connectivity index (χ0n) is 11.9. The van der Waals surface area contributed by atoms with Crippen molar-refractivity contribution >= 4 is 16.9 Å². The van der Waals surface area contributed by atoms with E-state index in [1.807, 2.05) is 0 Å². The maximum atomic E-state index is 12.1. The van der Waals surface area contributed by atoms with Crippen LogP contribution in [0.3, 0.4) is 0 Å². The summed E-state index contributed by atoms with van der Waals surface area (Å²) in [5.74, 6) is 0.512. The molecule has 7 nitrogen and oxygen atoms in total. The predicted molar refractivity (Wildman–Crippen MR) is 75.4 cm³/mol. The number of aromatic nitrogens is 2. The molecule has 0 spiro atoms. The minimum atomic E-state index is -1.45. The second-order valence-corrected chi connectivity index (χ2v) is 5.84. The molecule has 1 aromatic heterocycles. The third-order valence-corrected chi connectivity index (χ3v) is 4.26. The van der Waals surface area contributed by atoms with Crippen LogP contribution in [-0.2, 0) is 4.79 Å². The van der Waals surface area contributed by atoms with Gasteiger partial charge in [-0.25, -0.2) is 0 Å². The van der Waals surface area contributed by atoms with Crippen molar-refractivity contribution in [3.8, 4) is 11.8 Å². The van der Waals surface area contributed by atoms with E-state index in [-0.39, 0.29) is 16.9 Å². The molecule has 0 bridgehead atoms. The van der Waals surface area contributed by atoms with E-state index < -0.39 is 16.8 Å². The fourth-order valence-corrected chi connectivity index (χ4v) is 3.05. The maximum Gasteiger partial charge on any atom is 0.228 e. The molecule has 0 aromatic carbocycles. The van der Waals surface area contributed by atoms with Gasteiger partial charge in [-0.05, 0) is 24.6 Å². The van der Waals surface area contributed by atoms with E-state index in [1.165, 1.54) is 20.3 Å². The molecule has 0 aliphatic heterocycles. The number of nitrogens with zero attached hydrogens (tertiary/aromatic N) is 2. The molecule has 1 aliphatic carbocycles. The molecule has 0 radical (unpaired) electrons. The van der Waals surface area contributed by atoms with E-state index >= 15 is 0 Å². The van der Waals surface area contributed by atoms with Gasteiger partial charge in [-0.3, -0.25) is 4.79 Å². The van der Waals surface area contributed by atoms with Crippen LogP contribution in [0.2, 0.25) is 0 Å². The van der Waals surface area contributed by atoms with Gasteiger partial charge in [-0.15, -0.1) is 0 Å². The van der Waals surface area contributed by atoms with Crippen LogP contribution in [0.1, 0.15) is 25.7 Å². The van der Waals surface area contributed by atoms with Crippen LogP contribution in [0.5, 0.6) is 11.8 Å². The van der Waals surface area contributed by atoms with Gasteiger partial charge in [0.2, 0.25) is 22.0 Å². The first kappa shape index (κ1) is 16.0. The summed E-state index contributed by atoms with van der Waals surface area (Å²) in [4.78, 5) is 20.1.